The monoisotopic (exact) mass is 325 g/mol. The van der Waals surface area contributed by atoms with Gasteiger partial charge in [-0.2, -0.15) is 0 Å². The van der Waals surface area contributed by atoms with E-state index in [0.29, 0.717) is 32.5 Å². The summed E-state index contributed by atoms with van der Waals surface area (Å²) in [6.45, 7) is 0.675. The topological polar surface area (TPSA) is 75.6 Å². The van der Waals surface area contributed by atoms with Crippen molar-refractivity contribution < 1.29 is 28.2 Å². The smallest absolute Gasteiger partial charge is 0.307 e. The van der Waals surface area contributed by atoms with Crippen molar-refractivity contribution in [3.8, 4) is 0 Å². The number of halogens is 2. The molecule has 0 radical (unpaired) electrons. The normalized spacial score (nSPS) is 25.7. The lowest BCUT2D eigenvalue weighted by Gasteiger charge is -2.38. The Balaban J connectivity index is 1.85. The van der Waals surface area contributed by atoms with E-state index < -0.39 is 40.9 Å². The van der Waals surface area contributed by atoms with Crippen LogP contribution in [0.25, 0.3) is 0 Å². The summed E-state index contributed by atoms with van der Waals surface area (Å²) in [4.78, 5) is 23.2. The molecule has 1 saturated carbocycles. The third kappa shape index (κ3) is 3.06. The van der Waals surface area contributed by atoms with Crippen LogP contribution in [0.2, 0.25) is 0 Å². The van der Waals surface area contributed by atoms with Crippen LogP contribution in [0.15, 0.2) is 18.2 Å². The Morgan fingerprint density at radius 1 is 1.22 bits per heavy atom. The van der Waals surface area contributed by atoms with Crippen molar-refractivity contribution in [3.05, 3.63) is 35.4 Å². The Hall–Kier alpha value is -2.02. The van der Waals surface area contributed by atoms with Gasteiger partial charge >= 0.3 is 5.97 Å². The number of carboxylic acid groups (broad SMARTS) is 1. The Labute approximate surface area is 131 Å². The summed E-state index contributed by atoms with van der Waals surface area (Å²) >= 11 is 0. The highest BCUT2D eigenvalue weighted by atomic mass is 19.1. The molecule has 1 amide bonds. The number of ether oxygens (including phenoxy) is 1. The maximum absolute atomic E-state index is 14.2. The molecule has 5 nitrogen and oxygen atoms in total. The molecule has 1 aliphatic carbocycles. The molecule has 2 atom stereocenters. The van der Waals surface area contributed by atoms with Crippen LogP contribution < -0.4 is 5.32 Å². The second-order valence-electron chi connectivity index (χ2n) is 6.09. The number of carbonyl (C=O) groups excluding carboxylic acids is 1. The number of amides is 1. The fourth-order valence-corrected chi connectivity index (χ4v) is 3.15. The lowest BCUT2D eigenvalue weighted by atomic mass is 9.82. The lowest BCUT2D eigenvalue weighted by Crippen LogP contribution is -2.50. The second kappa shape index (κ2) is 5.88. The van der Waals surface area contributed by atoms with E-state index in [0.717, 1.165) is 12.1 Å². The van der Waals surface area contributed by atoms with Gasteiger partial charge in [-0.05, 0) is 25.3 Å². The minimum Gasteiger partial charge on any atom is -0.481 e. The third-order valence-corrected chi connectivity index (χ3v) is 4.60. The van der Waals surface area contributed by atoms with E-state index in [-0.39, 0.29) is 5.56 Å². The van der Waals surface area contributed by atoms with Crippen LogP contribution in [-0.4, -0.2) is 30.2 Å². The van der Waals surface area contributed by atoms with Gasteiger partial charge in [0.1, 0.15) is 11.6 Å². The van der Waals surface area contributed by atoms with Crippen LogP contribution in [-0.2, 0) is 19.9 Å². The van der Waals surface area contributed by atoms with E-state index in [1.807, 2.05) is 0 Å². The number of benzene rings is 1. The van der Waals surface area contributed by atoms with Crippen molar-refractivity contribution in [2.24, 2.45) is 11.8 Å². The molecule has 1 aliphatic heterocycles. The fraction of sp³-hybridized carbons (Fsp3) is 0.500. The molecule has 1 aromatic carbocycles. The molecule has 2 aliphatic rings. The summed E-state index contributed by atoms with van der Waals surface area (Å²) < 4.78 is 32.7. The van der Waals surface area contributed by atoms with Crippen molar-refractivity contribution in [2.75, 3.05) is 13.2 Å². The molecule has 7 heteroatoms. The van der Waals surface area contributed by atoms with E-state index in [9.17, 15) is 18.4 Å². The molecule has 0 aromatic heterocycles. The van der Waals surface area contributed by atoms with Crippen LogP contribution >= 0.6 is 0 Å². The molecule has 2 fully saturated rings. The van der Waals surface area contributed by atoms with E-state index in [4.69, 9.17) is 9.84 Å². The van der Waals surface area contributed by atoms with Crippen LogP contribution in [0, 0.1) is 23.5 Å². The highest BCUT2D eigenvalue weighted by molar-refractivity contribution is 5.90. The molecule has 23 heavy (non-hydrogen) atoms. The molecular formula is C16H17F2NO4. The quantitative estimate of drug-likeness (QED) is 0.885. The summed E-state index contributed by atoms with van der Waals surface area (Å²) in [5.74, 6) is -4.08. The number of aliphatic carboxylic acids is 1. The SMILES string of the molecule is O=C(O)[C@H]1C[C@@H]1C(=O)NC1(c2ccc(F)cc2F)CCOCC1. The van der Waals surface area contributed by atoms with Crippen molar-refractivity contribution >= 4 is 11.9 Å². The summed E-state index contributed by atoms with van der Waals surface area (Å²) in [7, 11) is 0. The third-order valence-electron chi connectivity index (χ3n) is 4.60. The standard InChI is InChI=1S/C16H17F2NO4/c17-9-1-2-12(13(18)7-9)16(3-5-23-6-4-16)19-14(20)10-8-11(10)15(21)22/h1-2,7,10-11H,3-6,8H2,(H,19,20)(H,21,22)/t10-,11-/m0/s1. The molecule has 1 heterocycles. The van der Waals surface area contributed by atoms with Gasteiger partial charge in [0.2, 0.25) is 5.91 Å². The molecule has 0 unspecified atom stereocenters. The molecule has 1 aromatic rings. The van der Waals surface area contributed by atoms with Gasteiger partial charge in [0.15, 0.2) is 0 Å². The first kappa shape index (κ1) is 15.9. The fourth-order valence-electron chi connectivity index (χ4n) is 3.15. The van der Waals surface area contributed by atoms with E-state index in [1.165, 1.54) is 6.07 Å². The van der Waals surface area contributed by atoms with Crippen molar-refractivity contribution in [3.63, 3.8) is 0 Å². The summed E-state index contributed by atoms with van der Waals surface area (Å²) in [5, 5.41) is 11.7. The highest BCUT2D eigenvalue weighted by Gasteiger charge is 2.50. The lowest BCUT2D eigenvalue weighted by molar-refractivity contribution is -0.140. The molecule has 2 N–H and O–H groups in total. The maximum Gasteiger partial charge on any atom is 0.307 e. The average Bonchev–Trinajstić information content (AvgIpc) is 3.28. The number of carbonyl (C=O) groups is 2. The van der Waals surface area contributed by atoms with Gasteiger partial charge in [-0.15, -0.1) is 0 Å². The number of hydrogen-bond donors (Lipinski definition) is 2. The van der Waals surface area contributed by atoms with Gasteiger partial charge in [-0.3, -0.25) is 9.59 Å². The Kier molecular flexibility index (Phi) is 4.06. The van der Waals surface area contributed by atoms with Crippen molar-refractivity contribution in [1.29, 1.82) is 0 Å². The minimum absolute atomic E-state index is 0.211. The summed E-state index contributed by atoms with van der Waals surface area (Å²) in [5.41, 5.74) is -0.776. The molecular weight excluding hydrogens is 308 g/mol. The predicted molar refractivity (Wildman–Crippen MR) is 75.5 cm³/mol. The number of nitrogens with one attached hydrogen (secondary N) is 1. The Bertz CT molecular complexity index is 643. The molecule has 124 valence electrons. The van der Waals surface area contributed by atoms with Crippen LogP contribution in [0.5, 0.6) is 0 Å². The summed E-state index contributed by atoms with van der Waals surface area (Å²) in [6, 6.07) is 3.27. The molecule has 3 rings (SSSR count). The first-order chi connectivity index (χ1) is 10.9. The van der Waals surface area contributed by atoms with Crippen LogP contribution in [0.1, 0.15) is 24.8 Å². The molecule has 1 saturated heterocycles. The zero-order valence-electron chi connectivity index (χ0n) is 12.4. The zero-order valence-corrected chi connectivity index (χ0v) is 12.4. The minimum atomic E-state index is -1.00. The van der Waals surface area contributed by atoms with E-state index >= 15 is 0 Å². The molecule has 0 bridgehead atoms. The molecule has 0 spiro atoms. The van der Waals surface area contributed by atoms with Gasteiger partial charge in [-0.25, -0.2) is 8.78 Å². The first-order valence-electron chi connectivity index (χ1n) is 7.51. The van der Waals surface area contributed by atoms with Gasteiger partial charge in [0.05, 0.1) is 17.4 Å². The first-order valence-corrected chi connectivity index (χ1v) is 7.51. The maximum atomic E-state index is 14.2. The van der Waals surface area contributed by atoms with Gasteiger partial charge in [-0.1, -0.05) is 6.07 Å². The van der Waals surface area contributed by atoms with Gasteiger partial charge < -0.3 is 15.2 Å². The highest BCUT2D eigenvalue weighted by Crippen LogP contribution is 2.41. The number of carboxylic acids is 1. The second-order valence-corrected chi connectivity index (χ2v) is 6.09. The van der Waals surface area contributed by atoms with Crippen LogP contribution in [0.4, 0.5) is 8.78 Å². The average molecular weight is 325 g/mol. The number of rotatable bonds is 4. The Morgan fingerprint density at radius 2 is 1.91 bits per heavy atom. The van der Waals surface area contributed by atoms with Gasteiger partial charge in [0, 0.05) is 24.8 Å². The van der Waals surface area contributed by atoms with Gasteiger partial charge in [0.25, 0.3) is 0 Å². The largest absolute Gasteiger partial charge is 0.481 e. The van der Waals surface area contributed by atoms with E-state index in [2.05, 4.69) is 5.32 Å². The predicted octanol–water partition coefficient (Wildman–Crippen LogP) is 1.81. The number of hydrogen-bond acceptors (Lipinski definition) is 3. The van der Waals surface area contributed by atoms with E-state index in [1.54, 1.807) is 0 Å². The van der Waals surface area contributed by atoms with Crippen LogP contribution in [0.3, 0.4) is 0 Å². The van der Waals surface area contributed by atoms with Crippen molar-refractivity contribution in [1.82, 2.24) is 5.32 Å². The summed E-state index contributed by atoms with van der Waals surface area (Å²) in [6.07, 6.45) is 0.997. The Morgan fingerprint density at radius 3 is 2.48 bits per heavy atom. The zero-order chi connectivity index (χ0) is 16.6. The van der Waals surface area contributed by atoms with Crippen molar-refractivity contribution in [2.45, 2.75) is 24.8 Å².